The number of carbonyl (C=O) groups excluding carboxylic acids is 3. The van der Waals surface area contributed by atoms with Gasteiger partial charge in [0.1, 0.15) is 24.2 Å². The molecule has 0 aromatic heterocycles. The summed E-state index contributed by atoms with van der Waals surface area (Å²) in [5, 5.41) is 9.50. The molecule has 2 saturated heterocycles. The van der Waals surface area contributed by atoms with Crippen molar-refractivity contribution in [3.8, 4) is 0 Å². The molecule has 2 amide bonds. The number of carbonyl (C=O) groups is 3. The molecular formula is C26H29ClN2O6. The van der Waals surface area contributed by atoms with Gasteiger partial charge < -0.3 is 24.4 Å². The summed E-state index contributed by atoms with van der Waals surface area (Å²) in [5.74, 6) is -2.70. The Balaban J connectivity index is 1.54. The van der Waals surface area contributed by atoms with Crippen molar-refractivity contribution >= 4 is 35.1 Å². The van der Waals surface area contributed by atoms with E-state index < -0.39 is 35.6 Å². The Kier molecular flexibility index (Phi) is 6.70. The number of cyclic esters (lactones) is 1. The van der Waals surface area contributed by atoms with Gasteiger partial charge in [-0.3, -0.25) is 14.4 Å². The molecule has 9 heteroatoms. The molecule has 4 aliphatic rings. The van der Waals surface area contributed by atoms with Crippen molar-refractivity contribution < 1.29 is 29.0 Å². The number of anilines is 1. The molecule has 186 valence electrons. The van der Waals surface area contributed by atoms with Crippen LogP contribution in [-0.2, 0) is 23.9 Å². The van der Waals surface area contributed by atoms with E-state index in [2.05, 4.69) is 0 Å². The number of ether oxygens (including phenoxy) is 2. The molecule has 0 radical (unpaired) electrons. The van der Waals surface area contributed by atoms with E-state index in [0.717, 1.165) is 12.8 Å². The van der Waals surface area contributed by atoms with E-state index in [9.17, 15) is 14.4 Å². The van der Waals surface area contributed by atoms with Gasteiger partial charge in [-0.05, 0) is 31.1 Å². The van der Waals surface area contributed by atoms with Crippen LogP contribution in [0.4, 0.5) is 5.69 Å². The zero-order chi connectivity index (χ0) is 24.6. The minimum atomic E-state index is -1.27. The second-order valence-corrected chi connectivity index (χ2v) is 9.78. The molecule has 2 fully saturated rings. The summed E-state index contributed by atoms with van der Waals surface area (Å²) < 4.78 is 11.8. The van der Waals surface area contributed by atoms with Gasteiger partial charge >= 0.3 is 5.97 Å². The number of unbranched alkanes of at least 4 members (excludes halogenated alkanes) is 3. The number of aliphatic hydroxyl groups is 1. The van der Waals surface area contributed by atoms with E-state index in [4.69, 9.17) is 26.2 Å². The summed E-state index contributed by atoms with van der Waals surface area (Å²) in [6.07, 6.45) is 9.47. The molecule has 1 aromatic carbocycles. The minimum Gasteiger partial charge on any atom is -0.461 e. The maximum Gasteiger partial charge on any atom is 0.313 e. The molecule has 4 aliphatic heterocycles. The van der Waals surface area contributed by atoms with Gasteiger partial charge in [-0.25, -0.2) is 0 Å². The van der Waals surface area contributed by atoms with Gasteiger partial charge in [0.2, 0.25) is 5.91 Å². The fourth-order valence-corrected chi connectivity index (χ4v) is 6.08. The molecule has 35 heavy (non-hydrogen) atoms. The first-order chi connectivity index (χ1) is 17.0. The molecule has 1 N–H and O–H groups in total. The van der Waals surface area contributed by atoms with Crippen molar-refractivity contribution in [2.45, 2.75) is 43.4 Å². The van der Waals surface area contributed by atoms with Crippen LogP contribution in [0.3, 0.4) is 0 Å². The van der Waals surface area contributed by atoms with Crippen LogP contribution < -0.4 is 4.90 Å². The first kappa shape index (κ1) is 24.0. The fraction of sp³-hybridized carbons (Fsp3) is 0.500. The normalized spacial score (nSPS) is 31.7. The molecule has 0 bridgehead atoms. The zero-order valence-corrected chi connectivity index (χ0v) is 20.1. The predicted octanol–water partition coefficient (Wildman–Crippen LogP) is 2.49. The Morgan fingerprint density at radius 2 is 1.86 bits per heavy atom. The van der Waals surface area contributed by atoms with Gasteiger partial charge in [0.15, 0.2) is 0 Å². The van der Waals surface area contributed by atoms with Gasteiger partial charge in [-0.15, -0.1) is 0 Å². The van der Waals surface area contributed by atoms with Gasteiger partial charge in [0.25, 0.3) is 5.91 Å². The lowest BCUT2D eigenvalue weighted by Gasteiger charge is -2.35. The molecule has 4 heterocycles. The van der Waals surface area contributed by atoms with E-state index in [0.29, 0.717) is 30.1 Å². The van der Waals surface area contributed by atoms with Crippen molar-refractivity contribution in [2.75, 3.05) is 31.2 Å². The molecule has 5 atom stereocenters. The smallest absolute Gasteiger partial charge is 0.313 e. The number of para-hydroxylation sites is 1. The SMILES string of the molecule is O=C1OCC=C[C@@H]2O[C@]34C=CCN(c5ccccc5Cl)C(=O)C3N(CCCCCCO)C(=O)[C@@H]4[C@H]12. The monoisotopic (exact) mass is 500 g/mol. The van der Waals surface area contributed by atoms with Crippen LogP contribution in [-0.4, -0.2) is 71.8 Å². The number of aliphatic hydroxyl groups excluding tert-OH is 1. The van der Waals surface area contributed by atoms with Crippen LogP contribution in [0.2, 0.25) is 5.02 Å². The van der Waals surface area contributed by atoms with Gasteiger partial charge in [-0.2, -0.15) is 0 Å². The van der Waals surface area contributed by atoms with Crippen LogP contribution in [0.25, 0.3) is 0 Å². The summed E-state index contributed by atoms with van der Waals surface area (Å²) in [6, 6.07) is 6.18. The van der Waals surface area contributed by atoms with Crippen molar-refractivity contribution in [2.24, 2.45) is 11.8 Å². The molecule has 1 spiro atoms. The van der Waals surface area contributed by atoms with Crippen LogP contribution in [0.5, 0.6) is 0 Å². The summed E-state index contributed by atoms with van der Waals surface area (Å²) in [5.41, 5.74) is -0.711. The van der Waals surface area contributed by atoms with Crippen molar-refractivity contribution in [3.63, 3.8) is 0 Å². The highest BCUT2D eigenvalue weighted by Crippen LogP contribution is 2.53. The number of halogens is 1. The van der Waals surface area contributed by atoms with Crippen molar-refractivity contribution in [3.05, 3.63) is 53.6 Å². The second-order valence-electron chi connectivity index (χ2n) is 9.37. The summed E-state index contributed by atoms with van der Waals surface area (Å²) >= 11 is 6.44. The molecule has 8 nitrogen and oxygen atoms in total. The Morgan fingerprint density at radius 1 is 1.06 bits per heavy atom. The molecular weight excluding hydrogens is 472 g/mol. The first-order valence-electron chi connectivity index (χ1n) is 12.2. The van der Waals surface area contributed by atoms with E-state index in [1.165, 1.54) is 0 Å². The molecule has 0 saturated carbocycles. The van der Waals surface area contributed by atoms with Crippen LogP contribution in [0.15, 0.2) is 48.6 Å². The number of benzene rings is 1. The number of hydrogen-bond acceptors (Lipinski definition) is 6. The van der Waals surface area contributed by atoms with Crippen LogP contribution in [0.1, 0.15) is 25.7 Å². The quantitative estimate of drug-likeness (QED) is 0.351. The summed E-state index contributed by atoms with van der Waals surface area (Å²) in [4.78, 5) is 44.1. The molecule has 1 unspecified atom stereocenters. The number of hydrogen-bond donors (Lipinski definition) is 1. The predicted molar refractivity (Wildman–Crippen MR) is 129 cm³/mol. The number of fused-ring (bicyclic) bond motifs is 2. The highest BCUT2D eigenvalue weighted by atomic mass is 35.5. The van der Waals surface area contributed by atoms with E-state index >= 15 is 0 Å². The highest BCUT2D eigenvalue weighted by molar-refractivity contribution is 6.34. The first-order valence-corrected chi connectivity index (χ1v) is 12.5. The lowest BCUT2D eigenvalue weighted by Crippen LogP contribution is -2.55. The van der Waals surface area contributed by atoms with Crippen molar-refractivity contribution in [1.29, 1.82) is 0 Å². The lowest BCUT2D eigenvalue weighted by molar-refractivity contribution is -0.152. The maximum absolute atomic E-state index is 14.1. The minimum absolute atomic E-state index is 0.124. The summed E-state index contributed by atoms with van der Waals surface area (Å²) in [7, 11) is 0. The Labute approximate surface area is 209 Å². The molecule has 0 aliphatic carbocycles. The fourth-order valence-electron chi connectivity index (χ4n) is 5.84. The number of likely N-dealkylation sites (tertiary alicyclic amines) is 1. The topological polar surface area (TPSA) is 96.4 Å². The average molecular weight is 501 g/mol. The largest absolute Gasteiger partial charge is 0.461 e. The standard InChI is InChI=1S/C26H29ClN2O6/c27-17-9-3-4-10-18(17)28-14-8-12-26-21(20-19(35-26)11-7-16-34-25(20)33)23(31)29(22(26)24(28)32)13-5-1-2-6-15-30/h3-4,7-12,19-22,30H,1-2,5-6,13-16H2/t19-,20+,21-,22?,26-/m0/s1. The van der Waals surface area contributed by atoms with E-state index in [-0.39, 0.29) is 31.6 Å². The molecule has 5 rings (SSSR count). The second kappa shape index (κ2) is 9.76. The van der Waals surface area contributed by atoms with E-state index in [1.807, 2.05) is 12.1 Å². The van der Waals surface area contributed by atoms with Crippen LogP contribution in [0, 0.1) is 11.8 Å². The number of rotatable bonds is 7. The summed E-state index contributed by atoms with van der Waals surface area (Å²) in [6.45, 7) is 0.884. The Hall–Kier alpha value is -2.68. The number of esters is 1. The number of amides is 2. The molecule has 1 aromatic rings. The number of nitrogens with zero attached hydrogens (tertiary/aromatic N) is 2. The Morgan fingerprint density at radius 3 is 2.66 bits per heavy atom. The maximum atomic E-state index is 14.1. The van der Waals surface area contributed by atoms with E-state index in [1.54, 1.807) is 46.2 Å². The van der Waals surface area contributed by atoms with Gasteiger partial charge in [0.05, 0.1) is 22.7 Å². The van der Waals surface area contributed by atoms with Crippen LogP contribution >= 0.6 is 11.6 Å². The van der Waals surface area contributed by atoms with Gasteiger partial charge in [0, 0.05) is 19.7 Å². The third-order valence-electron chi connectivity index (χ3n) is 7.36. The Bertz CT molecular complexity index is 1070. The highest BCUT2D eigenvalue weighted by Gasteiger charge is 2.71. The third kappa shape index (κ3) is 3.97. The lowest BCUT2D eigenvalue weighted by atomic mass is 9.78. The average Bonchev–Trinajstić information content (AvgIpc) is 3.14. The third-order valence-corrected chi connectivity index (χ3v) is 7.68. The zero-order valence-electron chi connectivity index (χ0n) is 19.3. The van der Waals surface area contributed by atoms with Crippen molar-refractivity contribution in [1.82, 2.24) is 4.90 Å². The van der Waals surface area contributed by atoms with Gasteiger partial charge in [-0.1, -0.05) is 54.8 Å².